The van der Waals surface area contributed by atoms with Gasteiger partial charge in [-0.05, 0) is 24.3 Å². The summed E-state index contributed by atoms with van der Waals surface area (Å²) in [6.45, 7) is 2.04. The second-order valence-corrected chi connectivity index (χ2v) is 9.26. The highest BCUT2D eigenvalue weighted by molar-refractivity contribution is 5.90. The molecule has 216 valence electrons. The summed E-state index contributed by atoms with van der Waals surface area (Å²) in [6, 6.07) is 16.3. The molecule has 14 heteroatoms. The van der Waals surface area contributed by atoms with E-state index in [1.807, 2.05) is 0 Å². The van der Waals surface area contributed by atoms with Gasteiger partial charge in [0, 0.05) is 13.8 Å². The Bertz CT molecular complexity index is 1690. The molecule has 1 aliphatic rings. The standard InChI is InChI=1S/C28H25N5O9/c1-15(34)30-28-31-23-20(24(36)32-28)33(14-29-23)25-22(42-27(38)18-11-7-4-8-12-18)21(40-16(2)35)19(41-25)13-39-26(37)17-9-5-3-6-10-17/h3-12,14,19,21-22,25H,13H2,1-2H3,(H2,30,31,32,34,36)/t19-,21-,22+,25+/m1/s1. The Morgan fingerprint density at radius 1 is 0.929 bits per heavy atom. The number of nitrogens with one attached hydrogen (secondary N) is 2. The second kappa shape index (κ2) is 12.0. The smallest absolute Gasteiger partial charge is 0.338 e. The molecule has 0 bridgehead atoms. The lowest BCUT2D eigenvalue weighted by Crippen LogP contribution is -2.41. The highest BCUT2D eigenvalue weighted by Gasteiger charge is 2.51. The summed E-state index contributed by atoms with van der Waals surface area (Å²) in [7, 11) is 0. The third-order valence-corrected chi connectivity index (χ3v) is 6.24. The molecule has 42 heavy (non-hydrogen) atoms. The Morgan fingerprint density at radius 3 is 2.19 bits per heavy atom. The molecule has 2 N–H and O–H groups in total. The van der Waals surface area contributed by atoms with E-state index in [0.717, 1.165) is 0 Å². The summed E-state index contributed by atoms with van der Waals surface area (Å²) in [5.41, 5.74) is -0.287. The molecule has 4 atom stereocenters. The number of esters is 3. The Balaban J connectivity index is 1.51. The van der Waals surface area contributed by atoms with Crippen molar-refractivity contribution < 1.29 is 38.1 Å². The summed E-state index contributed by atoms with van der Waals surface area (Å²) in [5.74, 6) is -2.69. The van der Waals surface area contributed by atoms with Crippen molar-refractivity contribution in [3.8, 4) is 0 Å². The van der Waals surface area contributed by atoms with Gasteiger partial charge in [-0.15, -0.1) is 0 Å². The van der Waals surface area contributed by atoms with Crippen molar-refractivity contribution in [2.24, 2.45) is 0 Å². The first-order valence-electron chi connectivity index (χ1n) is 12.8. The van der Waals surface area contributed by atoms with E-state index < -0.39 is 53.9 Å². The fourth-order valence-corrected chi connectivity index (χ4v) is 4.48. The fraction of sp³-hybridized carbons (Fsp3) is 0.250. The summed E-state index contributed by atoms with van der Waals surface area (Å²) in [5, 5.41) is 2.38. The first-order chi connectivity index (χ1) is 20.2. The Kier molecular flexibility index (Phi) is 8.06. The van der Waals surface area contributed by atoms with Crippen LogP contribution in [0.5, 0.6) is 0 Å². The van der Waals surface area contributed by atoms with Gasteiger partial charge in [0.15, 0.2) is 29.6 Å². The normalized spacial score (nSPS) is 19.7. The summed E-state index contributed by atoms with van der Waals surface area (Å²) >= 11 is 0. The van der Waals surface area contributed by atoms with E-state index in [4.69, 9.17) is 18.9 Å². The average molecular weight is 576 g/mol. The molecule has 2 aromatic carbocycles. The number of rotatable bonds is 8. The van der Waals surface area contributed by atoms with Crippen LogP contribution in [0.3, 0.4) is 0 Å². The van der Waals surface area contributed by atoms with Crippen molar-refractivity contribution >= 4 is 40.9 Å². The summed E-state index contributed by atoms with van der Waals surface area (Å²) in [6.07, 6.45) is -3.69. The highest BCUT2D eigenvalue weighted by atomic mass is 16.7. The Hall–Kier alpha value is -5.37. The van der Waals surface area contributed by atoms with Crippen LogP contribution in [0.25, 0.3) is 11.2 Å². The van der Waals surface area contributed by atoms with Crippen LogP contribution < -0.4 is 10.9 Å². The number of carbonyl (C=O) groups excluding carboxylic acids is 4. The SMILES string of the molecule is CC(=O)Nc1nc2ncn([C@H]3O[C@H](COC(=O)c4ccccc4)[C@@H](OC(C)=O)[C@@H]3OC(=O)c3ccccc3)c2c(=O)[nH]1. The zero-order valence-corrected chi connectivity index (χ0v) is 22.4. The van der Waals surface area contributed by atoms with E-state index >= 15 is 0 Å². The van der Waals surface area contributed by atoms with Crippen molar-refractivity contribution in [2.75, 3.05) is 11.9 Å². The minimum Gasteiger partial charge on any atom is -0.459 e. The molecule has 4 aromatic rings. The van der Waals surface area contributed by atoms with Crippen LogP contribution in [0.1, 0.15) is 40.8 Å². The first kappa shape index (κ1) is 28.2. The number of aromatic nitrogens is 4. The number of ether oxygens (including phenoxy) is 4. The molecule has 0 radical (unpaired) electrons. The maximum absolute atomic E-state index is 13.1. The number of hydrogen-bond donors (Lipinski definition) is 2. The number of fused-ring (bicyclic) bond motifs is 1. The summed E-state index contributed by atoms with van der Waals surface area (Å²) < 4.78 is 24.2. The fourth-order valence-electron chi connectivity index (χ4n) is 4.48. The third-order valence-electron chi connectivity index (χ3n) is 6.24. The van der Waals surface area contributed by atoms with Gasteiger partial charge in [-0.3, -0.25) is 29.3 Å². The molecule has 5 rings (SSSR count). The largest absolute Gasteiger partial charge is 0.459 e. The lowest BCUT2D eigenvalue weighted by molar-refractivity contribution is -0.154. The van der Waals surface area contributed by atoms with E-state index in [1.165, 1.54) is 36.9 Å². The third kappa shape index (κ3) is 6.02. The molecule has 3 heterocycles. The number of carbonyl (C=O) groups is 4. The van der Waals surface area contributed by atoms with Crippen molar-refractivity contribution in [3.63, 3.8) is 0 Å². The first-order valence-corrected chi connectivity index (χ1v) is 12.8. The van der Waals surface area contributed by atoms with Crippen LogP contribution in [-0.2, 0) is 28.5 Å². The second-order valence-electron chi connectivity index (χ2n) is 9.26. The zero-order valence-electron chi connectivity index (χ0n) is 22.4. The Labute approximate surface area is 237 Å². The molecular formula is C28H25N5O9. The molecule has 0 spiro atoms. The maximum atomic E-state index is 13.1. The highest BCUT2D eigenvalue weighted by Crippen LogP contribution is 2.36. The monoisotopic (exact) mass is 575 g/mol. The number of H-pyrrole nitrogens is 1. The molecule has 14 nitrogen and oxygen atoms in total. The van der Waals surface area contributed by atoms with Crippen molar-refractivity contribution in [1.82, 2.24) is 19.5 Å². The summed E-state index contributed by atoms with van der Waals surface area (Å²) in [4.78, 5) is 73.2. The van der Waals surface area contributed by atoms with E-state index in [-0.39, 0.29) is 34.8 Å². The van der Waals surface area contributed by atoms with Crippen molar-refractivity contribution in [1.29, 1.82) is 0 Å². The maximum Gasteiger partial charge on any atom is 0.338 e. The zero-order chi connectivity index (χ0) is 29.8. The van der Waals surface area contributed by atoms with Gasteiger partial charge in [-0.25, -0.2) is 14.6 Å². The van der Waals surface area contributed by atoms with Crippen LogP contribution >= 0.6 is 0 Å². The molecule has 1 saturated heterocycles. The molecule has 1 fully saturated rings. The predicted octanol–water partition coefficient (Wildman–Crippen LogP) is 1.99. The van der Waals surface area contributed by atoms with E-state index in [1.54, 1.807) is 48.5 Å². The van der Waals surface area contributed by atoms with Gasteiger partial charge in [0.2, 0.25) is 11.9 Å². The van der Waals surface area contributed by atoms with E-state index in [0.29, 0.717) is 0 Å². The minimum absolute atomic E-state index is 0.0396. The van der Waals surface area contributed by atoms with Crippen LogP contribution in [-0.4, -0.2) is 68.3 Å². The lowest BCUT2D eigenvalue weighted by atomic mass is 10.1. The molecule has 0 aliphatic carbocycles. The van der Waals surface area contributed by atoms with E-state index in [2.05, 4.69) is 20.3 Å². The van der Waals surface area contributed by atoms with Gasteiger partial charge in [-0.2, -0.15) is 4.98 Å². The Morgan fingerprint density at radius 2 is 1.57 bits per heavy atom. The van der Waals surface area contributed by atoms with Crippen LogP contribution in [0.4, 0.5) is 5.95 Å². The van der Waals surface area contributed by atoms with Crippen molar-refractivity contribution in [2.45, 2.75) is 38.4 Å². The number of imidazole rings is 1. The topological polar surface area (TPSA) is 181 Å². The van der Waals surface area contributed by atoms with Crippen LogP contribution in [0.15, 0.2) is 71.8 Å². The minimum atomic E-state index is -1.31. The lowest BCUT2D eigenvalue weighted by Gasteiger charge is -2.24. The van der Waals surface area contributed by atoms with Gasteiger partial charge >= 0.3 is 17.9 Å². The molecular weight excluding hydrogens is 550 g/mol. The number of aromatic amines is 1. The number of amides is 1. The van der Waals surface area contributed by atoms with Gasteiger partial charge < -0.3 is 18.9 Å². The number of benzene rings is 2. The van der Waals surface area contributed by atoms with Gasteiger partial charge in [-0.1, -0.05) is 36.4 Å². The number of nitrogens with zero attached hydrogens (tertiary/aromatic N) is 3. The molecule has 1 aliphatic heterocycles. The van der Waals surface area contributed by atoms with E-state index in [9.17, 15) is 24.0 Å². The van der Waals surface area contributed by atoms with Gasteiger partial charge in [0.1, 0.15) is 19.0 Å². The predicted molar refractivity (Wildman–Crippen MR) is 144 cm³/mol. The molecule has 0 saturated carbocycles. The molecule has 2 aromatic heterocycles. The molecule has 0 unspecified atom stereocenters. The van der Waals surface area contributed by atoms with Crippen LogP contribution in [0.2, 0.25) is 0 Å². The van der Waals surface area contributed by atoms with Crippen molar-refractivity contribution in [3.05, 3.63) is 88.5 Å². The number of anilines is 1. The van der Waals surface area contributed by atoms with Gasteiger partial charge in [0.05, 0.1) is 11.1 Å². The molecule has 1 amide bonds. The van der Waals surface area contributed by atoms with Gasteiger partial charge in [0.25, 0.3) is 5.56 Å². The quantitative estimate of drug-likeness (QED) is 0.232. The number of hydrogen-bond acceptors (Lipinski definition) is 11. The average Bonchev–Trinajstić information content (AvgIpc) is 3.53. The van der Waals surface area contributed by atoms with Crippen LogP contribution in [0, 0.1) is 0 Å².